The highest BCUT2D eigenvalue weighted by Gasteiger charge is 2.05. The van der Waals surface area contributed by atoms with Gasteiger partial charge in [0.1, 0.15) is 13.1 Å². The van der Waals surface area contributed by atoms with E-state index in [0.29, 0.717) is 0 Å². The van der Waals surface area contributed by atoms with Crippen LogP contribution in [0.15, 0.2) is 12.3 Å². The molecule has 9 heavy (non-hydrogen) atoms. The number of hydrogen-bond donors (Lipinski definition) is 2. The lowest BCUT2D eigenvalue weighted by atomic mass is 10.5. The van der Waals surface area contributed by atoms with Gasteiger partial charge >= 0.3 is 0 Å². The quantitative estimate of drug-likeness (QED) is 0.339. The molecule has 0 radical (unpaired) electrons. The van der Waals surface area contributed by atoms with Gasteiger partial charge < -0.3 is 10.3 Å². The Morgan fingerprint density at radius 2 is 2.22 bits per heavy atom. The van der Waals surface area contributed by atoms with Gasteiger partial charge in [0, 0.05) is 6.08 Å². The second-order valence-corrected chi connectivity index (χ2v) is 1.73. The fraction of sp³-hybridized carbons (Fsp3) is 0.600. The Hall–Kier alpha value is -0.580. The van der Waals surface area contributed by atoms with Gasteiger partial charge in [-0.1, -0.05) is 0 Å². The first-order chi connectivity index (χ1) is 4.12. The zero-order valence-corrected chi connectivity index (χ0v) is 5.32. The number of quaternary nitrogens is 1. The molecule has 1 atom stereocenters. The maximum absolute atomic E-state index is 10.6. The molecular formula is C5H11NO3. The Morgan fingerprint density at radius 1 is 1.67 bits per heavy atom. The number of aliphatic hydroxyl groups excluding tert-OH is 1. The Bertz CT molecular complexity index is 100. The molecule has 4 heteroatoms. The standard InChI is InChI=1S/C5H11NO3/c1-2-6(8,9)4-3-5-7/h3,5,7-8H,2,4H2,1H3. The molecule has 0 aliphatic rings. The summed E-state index contributed by atoms with van der Waals surface area (Å²) in [7, 11) is 0. The van der Waals surface area contributed by atoms with Crippen molar-refractivity contribution in [3.63, 3.8) is 0 Å². The first-order valence-corrected chi connectivity index (χ1v) is 2.72. The third-order valence-corrected chi connectivity index (χ3v) is 0.990. The highest BCUT2D eigenvalue weighted by Crippen LogP contribution is 1.95. The minimum atomic E-state index is -1.32. The average Bonchev–Trinajstić information content (AvgIpc) is 1.84. The van der Waals surface area contributed by atoms with Crippen LogP contribution in [0, 0.1) is 5.21 Å². The van der Waals surface area contributed by atoms with Gasteiger partial charge in [-0.2, -0.15) is 0 Å². The Kier molecular flexibility index (Phi) is 3.22. The van der Waals surface area contributed by atoms with Gasteiger partial charge in [-0.25, -0.2) is 10.0 Å². The minimum Gasteiger partial charge on any atom is -0.598 e. The van der Waals surface area contributed by atoms with Gasteiger partial charge in [-0.15, -0.1) is 0 Å². The van der Waals surface area contributed by atoms with Crippen molar-refractivity contribution >= 4 is 0 Å². The molecule has 0 amide bonds. The van der Waals surface area contributed by atoms with E-state index < -0.39 is 4.81 Å². The zero-order valence-electron chi connectivity index (χ0n) is 5.32. The van der Waals surface area contributed by atoms with Crippen LogP contribution in [0.4, 0.5) is 0 Å². The molecule has 1 unspecified atom stereocenters. The van der Waals surface area contributed by atoms with Gasteiger partial charge in [-0.3, -0.25) is 0 Å². The van der Waals surface area contributed by atoms with E-state index in [2.05, 4.69) is 0 Å². The summed E-state index contributed by atoms with van der Waals surface area (Å²) in [6.45, 7) is 1.55. The first-order valence-electron chi connectivity index (χ1n) is 2.72. The molecule has 0 saturated heterocycles. The van der Waals surface area contributed by atoms with E-state index in [1.807, 2.05) is 0 Å². The van der Waals surface area contributed by atoms with E-state index >= 15 is 0 Å². The maximum atomic E-state index is 10.6. The van der Waals surface area contributed by atoms with Gasteiger partial charge in [0.25, 0.3) is 0 Å². The van der Waals surface area contributed by atoms with Crippen LogP contribution in [0.25, 0.3) is 0 Å². The van der Waals surface area contributed by atoms with Crippen molar-refractivity contribution in [2.75, 3.05) is 13.1 Å². The molecule has 0 aromatic rings. The molecule has 0 rings (SSSR count). The predicted octanol–water partition coefficient (Wildman–Crippen LogP) is 0.782. The molecule has 2 N–H and O–H groups in total. The Labute approximate surface area is 53.8 Å². The molecule has 0 fully saturated rings. The normalized spacial score (nSPS) is 18.1. The summed E-state index contributed by atoms with van der Waals surface area (Å²) in [5.41, 5.74) is 0. The third kappa shape index (κ3) is 3.96. The molecular weight excluding hydrogens is 122 g/mol. The van der Waals surface area contributed by atoms with Crippen molar-refractivity contribution in [2.24, 2.45) is 0 Å². The summed E-state index contributed by atoms with van der Waals surface area (Å²) < 4.78 is 0. The minimum absolute atomic E-state index is 0.0876. The number of nitrogens with zero attached hydrogens (tertiary/aromatic N) is 1. The molecule has 0 heterocycles. The summed E-state index contributed by atoms with van der Waals surface area (Å²) in [4.78, 5) is -1.32. The molecule has 0 spiro atoms. The molecule has 0 aliphatic carbocycles. The Morgan fingerprint density at radius 3 is 2.56 bits per heavy atom. The SMILES string of the molecule is CC[N+]([O-])(O)CC=CO. The molecule has 0 bridgehead atoms. The topological polar surface area (TPSA) is 63.5 Å². The van der Waals surface area contributed by atoms with Gasteiger partial charge in [0.05, 0.1) is 6.26 Å². The lowest BCUT2D eigenvalue weighted by Gasteiger charge is -2.30. The van der Waals surface area contributed by atoms with Crippen molar-refractivity contribution in [3.05, 3.63) is 17.5 Å². The number of aliphatic hydroxyl groups is 1. The molecule has 0 aromatic carbocycles. The monoisotopic (exact) mass is 133 g/mol. The average molecular weight is 133 g/mol. The highest BCUT2D eigenvalue weighted by atomic mass is 16.8. The summed E-state index contributed by atoms with van der Waals surface area (Å²) in [6.07, 6.45) is 1.95. The van der Waals surface area contributed by atoms with E-state index in [1.54, 1.807) is 6.92 Å². The highest BCUT2D eigenvalue weighted by molar-refractivity contribution is 4.69. The largest absolute Gasteiger partial charge is 0.598 e. The van der Waals surface area contributed by atoms with Crippen LogP contribution < -0.4 is 0 Å². The van der Waals surface area contributed by atoms with E-state index in [0.717, 1.165) is 6.26 Å². The van der Waals surface area contributed by atoms with Gasteiger partial charge in [0.2, 0.25) is 0 Å². The molecule has 0 aliphatic heterocycles. The predicted molar refractivity (Wildman–Crippen MR) is 32.6 cm³/mol. The summed E-state index contributed by atoms with van der Waals surface area (Å²) in [5.74, 6) is 0. The fourth-order valence-corrected chi connectivity index (χ4v) is 0.341. The van der Waals surface area contributed by atoms with Crippen LogP contribution in [0.3, 0.4) is 0 Å². The van der Waals surface area contributed by atoms with E-state index in [4.69, 9.17) is 10.3 Å². The van der Waals surface area contributed by atoms with E-state index in [1.165, 1.54) is 6.08 Å². The van der Waals surface area contributed by atoms with E-state index in [9.17, 15) is 5.21 Å². The molecule has 54 valence electrons. The number of likely N-dealkylation sites (N-methyl/N-ethyl adjacent to an activating group) is 1. The fourth-order valence-electron chi connectivity index (χ4n) is 0.341. The van der Waals surface area contributed by atoms with Gasteiger partial charge in [0.15, 0.2) is 0 Å². The van der Waals surface area contributed by atoms with Crippen molar-refractivity contribution in [1.82, 2.24) is 0 Å². The maximum Gasteiger partial charge on any atom is 0.130 e. The number of rotatable bonds is 3. The number of hydrogen-bond acceptors (Lipinski definition) is 3. The second kappa shape index (κ2) is 3.45. The van der Waals surface area contributed by atoms with Crippen LogP contribution in [0.5, 0.6) is 0 Å². The van der Waals surface area contributed by atoms with Crippen LogP contribution in [-0.2, 0) is 0 Å². The summed E-state index contributed by atoms with van der Waals surface area (Å²) >= 11 is 0. The van der Waals surface area contributed by atoms with Crippen LogP contribution in [-0.4, -0.2) is 28.2 Å². The van der Waals surface area contributed by atoms with Crippen molar-refractivity contribution in [3.8, 4) is 0 Å². The van der Waals surface area contributed by atoms with Crippen LogP contribution >= 0.6 is 0 Å². The van der Waals surface area contributed by atoms with Crippen molar-refractivity contribution in [2.45, 2.75) is 6.92 Å². The molecule has 4 nitrogen and oxygen atoms in total. The molecule has 0 saturated carbocycles. The smallest absolute Gasteiger partial charge is 0.130 e. The van der Waals surface area contributed by atoms with Crippen molar-refractivity contribution in [1.29, 1.82) is 0 Å². The van der Waals surface area contributed by atoms with Crippen LogP contribution in [0.2, 0.25) is 0 Å². The van der Waals surface area contributed by atoms with Crippen molar-refractivity contribution < 1.29 is 15.1 Å². The lowest BCUT2D eigenvalue weighted by Crippen LogP contribution is -2.37. The zero-order chi connectivity index (χ0) is 7.33. The number of hydroxylamine groups is 4. The molecule has 0 aromatic heterocycles. The Balaban J connectivity index is 3.58. The second-order valence-electron chi connectivity index (χ2n) is 1.73. The third-order valence-electron chi connectivity index (χ3n) is 0.990. The lowest BCUT2D eigenvalue weighted by molar-refractivity contribution is -1.06. The van der Waals surface area contributed by atoms with E-state index in [-0.39, 0.29) is 13.1 Å². The van der Waals surface area contributed by atoms with Gasteiger partial charge in [-0.05, 0) is 6.92 Å². The summed E-state index contributed by atoms with van der Waals surface area (Å²) in [6, 6.07) is 0. The van der Waals surface area contributed by atoms with Crippen LogP contribution in [0.1, 0.15) is 6.92 Å². The summed E-state index contributed by atoms with van der Waals surface area (Å²) in [5, 5.41) is 27.3. The first kappa shape index (κ1) is 8.42.